The number of benzene rings is 2. The van der Waals surface area contributed by atoms with Crippen molar-refractivity contribution in [2.24, 2.45) is 0 Å². The molecule has 0 unspecified atom stereocenters. The fourth-order valence-electron chi connectivity index (χ4n) is 3.24. The van der Waals surface area contributed by atoms with E-state index in [9.17, 15) is 4.79 Å². The molecule has 1 N–H and O–H groups in total. The number of rotatable bonds is 4. The minimum absolute atomic E-state index is 0.147. The summed E-state index contributed by atoms with van der Waals surface area (Å²) in [6, 6.07) is 15.1. The predicted octanol–water partition coefficient (Wildman–Crippen LogP) is 4.76. The molecule has 1 aliphatic rings. The van der Waals surface area contributed by atoms with Crippen molar-refractivity contribution < 1.29 is 4.79 Å². The first-order valence-corrected chi connectivity index (χ1v) is 9.73. The van der Waals surface area contributed by atoms with Crippen LogP contribution in [-0.2, 0) is 0 Å². The molecule has 0 spiro atoms. The maximum Gasteiger partial charge on any atom is 0.255 e. The van der Waals surface area contributed by atoms with E-state index in [0.29, 0.717) is 5.56 Å². The third kappa shape index (κ3) is 4.01. The molecule has 27 heavy (non-hydrogen) atoms. The van der Waals surface area contributed by atoms with Crippen LogP contribution in [0.2, 0.25) is 0 Å². The van der Waals surface area contributed by atoms with Crippen LogP contribution in [0, 0.1) is 0 Å². The van der Waals surface area contributed by atoms with E-state index < -0.39 is 0 Å². The van der Waals surface area contributed by atoms with Gasteiger partial charge in [-0.05, 0) is 49.2 Å². The van der Waals surface area contributed by atoms with E-state index in [1.165, 1.54) is 12.8 Å². The highest BCUT2D eigenvalue weighted by Crippen LogP contribution is 2.29. The van der Waals surface area contributed by atoms with Gasteiger partial charge in [0.1, 0.15) is 5.69 Å². The second-order valence-electron chi connectivity index (χ2n) is 6.46. The molecule has 2 aromatic carbocycles. The summed E-state index contributed by atoms with van der Waals surface area (Å²) in [5.74, 6) is 0.742. The fourth-order valence-corrected chi connectivity index (χ4v) is 3.50. The molecule has 6 heteroatoms. The van der Waals surface area contributed by atoms with Crippen LogP contribution >= 0.6 is 15.9 Å². The molecule has 4 rings (SSSR count). The first-order valence-electron chi connectivity index (χ1n) is 8.94. The molecule has 136 valence electrons. The number of nitrogens with one attached hydrogen (secondary N) is 1. The molecular weight excluding hydrogens is 404 g/mol. The molecular formula is C21H19BrN4O. The Kier molecular flexibility index (Phi) is 5.16. The molecule has 1 aromatic heterocycles. The molecule has 0 radical (unpaired) electrons. The Morgan fingerprint density at radius 1 is 1.00 bits per heavy atom. The van der Waals surface area contributed by atoms with Crippen molar-refractivity contribution in [1.29, 1.82) is 0 Å². The van der Waals surface area contributed by atoms with E-state index in [-0.39, 0.29) is 5.91 Å². The Balaban J connectivity index is 1.61. The van der Waals surface area contributed by atoms with Gasteiger partial charge in [0.2, 0.25) is 0 Å². The van der Waals surface area contributed by atoms with Crippen molar-refractivity contribution in [3.05, 3.63) is 71.0 Å². The number of carbonyl (C=O) groups is 1. The molecule has 0 aliphatic carbocycles. The van der Waals surface area contributed by atoms with Crippen molar-refractivity contribution in [3.63, 3.8) is 0 Å². The minimum Gasteiger partial charge on any atom is -0.355 e. The molecule has 2 heterocycles. The highest BCUT2D eigenvalue weighted by atomic mass is 79.9. The maximum absolute atomic E-state index is 12.7. The zero-order valence-electron chi connectivity index (χ0n) is 14.7. The number of carbonyl (C=O) groups excluding carboxylic acids is 1. The summed E-state index contributed by atoms with van der Waals surface area (Å²) in [6.45, 7) is 1.99. The van der Waals surface area contributed by atoms with Crippen LogP contribution in [-0.4, -0.2) is 29.0 Å². The smallest absolute Gasteiger partial charge is 0.255 e. The van der Waals surface area contributed by atoms with E-state index in [4.69, 9.17) is 0 Å². The van der Waals surface area contributed by atoms with Gasteiger partial charge in [-0.15, -0.1) is 0 Å². The molecule has 0 saturated carbocycles. The summed E-state index contributed by atoms with van der Waals surface area (Å²) in [4.78, 5) is 24.0. The molecule has 1 saturated heterocycles. The summed E-state index contributed by atoms with van der Waals surface area (Å²) in [6.07, 6.45) is 5.77. The monoisotopic (exact) mass is 422 g/mol. The molecule has 1 aliphatic heterocycles. The van der Waals surface area contributed by atoms with Crippen molar-refractivity contribution in [2.45, 2.75) is 12.8 Å². The number of anilines is 2. The molecule has 1 amide bonds. The van der Waals surface area contributed by atoms with Crippen LogP contribution in [0.3, 0.4) is 0 Å². The lowest BCUT2D eigenvalue weighted by atomic mass is 10.1. The Morgan fingerprint density at radius 3 is 2.52 bits per heavy atom. The highest BCUT2D eigenvalue weighted by Gasteiger charge is 2.19. The van der Waals surface area contributed by atoms with Gasteiger partial charge in [0.05, 0.1) is 0 Å². The third-order valence-electron chi connectivity index (χ3n) is 4.58. The van der Waals surface area contributed by atoms with Crippen molar-refractivity contribution in [1.82, 2.24) is 9.97 Å². The third-order valence-corrected chi connectivity index (χ3v) is 5.11. The number of halogens is 1. The lowest BCUT2D eigenvalue weighted by Crippen LogP contribution is -2.20. The number of amides is 1. The maximum atomic E-state index is 12.7. The van der Waals surface area contributed by atoms with E-state index in [2.05, 4.69) is 36.1 Å². The second kappa shape index (κ2) is 7.88. The molecule has 0 bridgehead atoms. The summed E-state index contributed by atoms with van der Waals surface area (Å²) >= 11 is 3.40. The molecule has 5 nitrogen and oxygen atoms in total. The molecule has 1 fully saturated rings. The predicted molar refractivity (Wildman–Crippen MR) is 111 cm³/mol. The van der Waals surface area contributed by atoms with Crippen LogP contribution in [0.5, 0.6) is 0 Å². The van der Waals surface area contributed by atoms with Crippen LogP contribution in [0.15, 0.2) is 65.4 Å². The van der Waals surface area contributed by atoms with E-state index in [1.54, 1.807) is 12.4 Å². The fraction of sp³-hybridized carbons (Fsp3) is 0.190. The second-order valence-corrected chi connectivity index (χ2v) is 7.38. The van der Waals surface area contributed by atoms with E-state index in [1.807, 2.05) is 48.5 Å². The SMILES string of the molecule is O=C(Nc1ccc(Br)cc1)c1cccc(-c2nccnc2N2CCCC2)c1. The topological polar surface area (TPSA) is 58.1 Å². The van der Waals surface area contributed by atoms with Gasteiger partial charge in [-0.2, -0.15) is 0 Å². The normalized spacial score (nSPS) is 13.6. The highest BCUT2D eigenvalue weighted by molar-refractivity contribution is 9.10. The zero-order valence-corrected chi connectivity index (χ0v) is 16.3. The average Bonchev–Trinajstić information content (AvgIpc) is 3.24. The number of hydrogen-bond acceptors (Lipinski definition) is 4. The molecule has 0 atom stereocenters. The Bertz CT molecular complexity index is 952. The molecule has 3 aromatic rings. The van der Waals surface area contributed by atoms with Gasteiger partial charge in [-0.3, -0.25) is 9.78 Å². The van der Waals surface area contributed by atoms with Gasteiger partial charge in [0.15, 0.2) is 5.82 Å². The summed E-state index contributed by atoms with van der Waals surface area (Å²) in [7, 11) is 0. The van der Waals surface area contributed by atoms with Crippen LogP contribution in [0.25, 0.3) is 11.3 Å². The summed E-state index contributed by atoms with van der Waals surface area (Å²) < 4.78 is 0.972. The van der Waals surface area contributed by atoms with Gasteiger partial charge in [-0.25, -0.2) is 4.98 Å². The minimum atomic E-state index is -0.147. The lowest BCUT2D eigenvalue weighted by Gasteiger charge is -2.19. The Morgan fingerprint density at radius 2 is 1.74 bits per heavy atom. The van der Waals surface area contributed by atoms with Gasteiger partial charge >= 0.3 is 0 Å². The van der Waals surface area contributed by atoms with Crippen molar-refractivity contribution in [3.8, 4) is 11.3 Å². The Labute approximate surface area is 166 Å². The van der Waals surface area contributed by atoms with Crippen molar-refractivity contribution in [2.75, 3.05) is 23.3 Å². The largest absolute Gasteiger partial charge is 0.355 e. The number of hydrogen-bond donors (Lipinski definition) is 1. The van der Waals surface area contributed by atoms with E-state index in [0.717, 1.165) is 40.3 Å². The first-order chi connectivity index (χ1) is 13.2. The zero-order chi connectivity index (χ0) is 18.6. The van der Waals surface area contributed by atoms with Gasteiger partial charge in [-0.1, -0.05) is 28.1 Å². The van der Waals surface area contributed by atoms with Gasteiger partial charge < -0.3 is 10.2 Å². The van der Waals surface area contributed by atoms with Gasteiger partial charge in [0.25, 0.3) is 5.91 Å². The van der Waals surface area contributed by atoms with Crippen LogP contribution in [0.4, 0.5) is 11.5 Å². The van der Waals surface area contributed by atoms with Crippen LogP contribution < -0.4 is 10.2 Å². The summed E-state index contributed by atoms with van der Waals surface area (Å²) in [5, 5.41) is 2.93. The first kappa shape index (κ1) is 17.7. The van der Waals surface area contributed by atoms with Crippen LogP contribution in [0.1, 0.15) is 23.2 Å². The summed E-state index contributed by atoms with van der Waals surface area (Å²) in [5.41, 5.74) is 3.06. The Hall–Kier alpha value is -2.73. The van der Waals surface area contributed by atoms with Gasteiger partial charge in [0, 0.05) is 46.8 Å². The number of aromatic nitrogens is 2. The lowest BCUT2D eigenvalue weighted by molar-refractivity contribution is 0.102. The standard InChI is InChI=1S/C21H19BrN4O/c22-17-6-8-18(9-7-17)25-21(27)16-5-3-4-15(14-16)19-20(24-11-10-23-19)26-12-1-2-13-26/h3-11,14H,1-2,12-13H2,(H,25,27). The average molecular weight is 423 g/mol. The van der Waals surface area contributed by atoms with E-state index >= 15 is 0 Å². The van der Waals surface area contributed by atoms with Crippen molar-refractivity contribution >= 4 is 33.3 Å². The number of nitrogens with zero attached hydrogens (tertiary/aromatic N) is 3. The quantitative estimate of drug-likeness (QED) is 0.658.